The third-order valence-corrected chi connectivity index (χ3v) is 6.91. The molecule has 1 aliphatic carbocycles. The summed E-state index contributed by atoms with van der Waals surface area (Å²) in [5.41, 5.74) is 3.08. The van der Waals surface area contributed by atoms with Crippen LogP contribution in [0.3, 0.4) is 0 Å². The van der Waals surface area contributed by atoms with Crippen molar-refractivity contribution < 1.29 is 16.8 Å². The third kappa shape index (κ3) is 4.09. The second-order valence-corrected chi connectivity index (χ2v) is 9.53. The highest BCUT2D eigenvalue weighted by molar-refractivity contribution is 7.92. The number of sulfonamides is 2. The molecule has 0 aromatic heterocycles. The fraction of sp³-hybridized carbons (Fsp3) is 0.294. The van der Waals surface area contributed by atoms with Crippen molar-refractivity contribution in [2.75, 3.05) is 0 Å². The van der Waals surface area contributed by atoms with Crippen LogP contribution in [-0.4, -0.2) is 16.8 Å². The molecule has 2 N–H and O–H groups in total. The van der Waals surface area contributed by atoms with Gasteiger partial charge >= 0.3 is 0 Å². The lowest BCUT2D eigenvalue weighted by Crippen LogP contribution is -2.41. The third-order valence-electron chi connectivity index (χ3n) is 4.27. The topological polar surface area (TPSA) is 92.3 Å². The van der Waals surface area contributed by atoms with Gasteiger partial charge in [-0.15, -0.1) is 9.66 Å². The first-order valence-electron chi connectivity index (χ1n) is 8.00. The molecule has 0 radical (unpaired) electrons. The predicted octanol–water partition coefficient (Wildman–Crippen LogP) is 2.05. The number of aryl methyl sites for hydroxylation is 3. The van der Waals surface area contributed by atoms with Crippen molar-refractivity contribution in [3.05, 3.63) is 59.2 Å². The van der Waals surface area contributed by atoms with Gasteiger partial charge in [0.15, 0.2) is 0 Å². The molecule has 134 valence electrons. The lowest BCUT2D eigenvalue weighted by molar-refractivity contribution is 0.557. The van der Waals surface area contributed by atoms with Crippen molar-refractivity contribution in [1.82, 2.24) is 9.66 Å². The van der Waals surface area contributed by atoms with Crippen molar-refractivity contribution in [1.29, 1.82) is 0 Å². The molecule has 2 aromatic carbocycles. The van der Waals surface area contributed by atoms with Crippen LogP contribution in [0.2, 0.25) is 0 Å². The standard InChI is InChI=1S/C17H20N2O4S2/c1-13-6-9-16(10-7-13)24(20,21)18-19-25(22,23)17-11-8-14-4-2-3-5-15(14)12-17/h6-12,18-19H,2-5H2,1H3. The lowest BCUT2D eigenvalue weighted by Gasteiger charge is -2.17. The Labute approximate surface area is 148 Å². The zero-order chi connectivity index (χ0) is 18.1. The summed E-state index contributed by atoms with van der Waals surface area (Å²) in [5.74, 6) is 0. The van der Waals surface area contributed by atoms with Crippen LogP contribution < -0.4 is 9.66 Å². The van der Waals surface area contributed by atoms with Gasteiger partial charge in [0.1, 0.15) is 0 Å². The number of nitrogens with one attached hydrogen (secondary N) is 2. The van der Waals surface area contributed by atoms with E-state index in [0.717, 1.165) is 42.4 Å². The molecule has 25 heavy (non-hydrogen) atoms. The molecule has 2 aromatic rings. The van der Waals surface area contributed by atoms with E-state index < -0.39 is 20.0 Å². The highest BCUT2D eigenvalue weighted by Gasteiger charge is 2.21. The molecule has 6 nitrogen and oxygen atoms in total. The Morgan fingerprint density at radius 2 is 1.24 bits per heavy atom. The second kappa shape index (κ2) is 6.87. The second-order valence-electron chi connectivity index (χ2n) is 6.16. The summed E-state index contributed by atoms with van der Waals surface area (Å²) >= 11 is 0. The summed E-state index contributed by atoms with van der Waals surface area (Å²) in [6.45, 7) is 1.84. The van der Waals surface area contributed by atoms with Crippen LogP contribution in [0, 0.1) is 6.92 Å². The van der Waals surface area contributed by atoms with Crippen molar-refractivity contribution in [2.45, 2.75) is 42.4 Å². The molecule has 0 amide bonds. The highest BCUT2D eigenvalue weighted by Crippen LogP contribution is 2.24. The maximum absolute atomic E-state index is 12.4. The maximum Gasteiger partial charge on any atom is 0.254 e. The number of fused-ring (bicyclic) bond motifs is 1. The van der Waals surface area contributed by atoms with Gasteiger partial charge in [0.05, 0.1) is 9.79 Å². The van der Waals surface area contributed by atoms with Gasteiger partial charge in [0.2, 0.25) is 0 Å². The van der Waals surface area contributed by atoms with Crippen molar-refractivity contribution in [3.63, 3.8) is 0 Å². The zero-order valence-electron chi connectivity index (χ0n) is 13.8. The monoisotopic (exact) mass is 380 g/mol. The summed E-state index contributed by atoms with van der Waals surface area (Å²) in [4.78, 5) is 3.96. The Kier molecular flexibility index (Phi) is 4.97. The molecule has 3 rings (SSSR count). The van der Waals surface area contributed by atoms with Gasteiger partial charge in [-0.2, -0.15) is 0 Å². The molecule has 0 spiro atoms. The Morgan fingerprint density at radius 3 is 1.88 bits per heavy atom. The molecule has 0 unspecified atom stereocenters. The van der Waals surface area contributed by atoms with Gasteiger partial charge in [-0.05, 0) is 68.0 Å². The molecular formula is C17H20N2O4S2. The lowest BCUT2D eigenvalue weighted by atomic mass is 9.92. The van der Waals surface area contributed by atoms with Gasteiger partial charge in [0.25, 0.3) is 20.0 Å². The number of benzene rings is 2. The average Bonchev–Trinajstić information content (AvgIpc) is 2.60. The molecule has 0 fully saturated rings. The van der Waals surface area contributed by atoms with Crippen molar-refractivity contribution >= 4 is 20.0 Å². The van der Waals surface area contributed by atoms with Gasteiger partial charge in [0, 0.05) is 0 Å². The molecule has 0 bridgehead atoms. The van der Waals surface area contributed by atoms with Gasteiger partial charge in [-0.25, -0.2) is 16.8 Å². The first-order valence-corrected chi connectivity index (χ1v) is 11.0. The van der Waals surface area contributed by atoms with E-state index in [2.05, 4.69) is 0 Å². The number of hydrazine groups is 1. The molecule has 8 heteroatoms. The number of rotatable bonds is 5. The fourth-order valence-electron chi connectivity index (χ4n) is 2.82. The maximum atomic E-state index is 12.4. The van der Waals surface area contributed by atoms with Crippen LogP contribution in [0.15, 0.2) is 52.3 Å². The summed E-state index contributed by atoms with van der Waals surface area (Å²) in [6.07, 6.45) is 3.93. The number of hydrogen-bond acceptors (Lipinski definition) is 4. The van der Waals surface area contributed by atoms with Crippen LogP contribution in [0.4, 0.5) is 0 Å². The van der Waals surface area contributed by atoms with E-state index in [4.69, 9.17) is 0 Å². The fourth-order valence-corrected chi connectivity index (χ4v) is 4.97. The van der Waals surface area contributed by atoms with Crippen molar-refractivity contribution in [3.8, 4) is 0 Å². The Hall–Kier alpha value is -1.74. The van der Waals surface area contributed by atoms with E-state index in [1.807, 2.05) is 16.6 Å². The molecule has 0 saturated carbocycles. The van der Waals surface area contributed by atoms with E-state index in [-0.39, 0.29) is 9.79 Å². The SMILES string of the molecule is Cc1ccc(S(=O)(=O)NNS(=O)(=O)c2ccc3c(c2)CCCC3)cc1. The normalized spacial score (nSPS) is 14.9. The van der Waals surface area contributed by atoms with Gasteiger partial charge in [-0.3, -0.25) is 0 Å². The quantitative estimate of drug-likeness (QED) is 0.777. The minimum atomic E-state index is -3.98. The predicted molar refractivity (Wildman–Crippen MR) is 94.9 cm³/mol. The highest BCUT2D eigenvalue weighted by atomic mass is 32.2. The minimum absolute atomic E-state index is 0.00811. The van der Waals surface area contributed by atoms with Gasteiger partial charge in [-0.1, -0.05) is 23.8 Å². The first-order chi connectivity index (χ1) is 11.8. The molecule has 0 aliphatic heterocycles. The van der Waals surface area contributed by atoms with E-state index in [0.29, 0.717) is 0 Å². The van der Waals surface area contributed by atoms with E-state index in [1.54, 1.807) is 24.3 Å². The smallest absolute Gasteiger partial charge is 0.206 e. The van der Waals surface area contributed by atoms with E-state index in [1.165, 1.54) is 18.2 Å². The largest absolute Gasteiger partial charge is 0.254 e. The van der Waals surface area contributed by atoms with Crippen LogP contribution >= 0.6 is 0 Å². The average molecular weight is 380 g/mol. The Balaban J connectivity index is 1.78. The molecule has 0 atom stereocenters. The van der Waals surface area contributed by atoms with E-state index >= 15 is 0 Å². The van der Waals surface area contributed by atoms with Crippen LogP contribution in [0.5, 0.6) is 0 Å². The summed E-state index contributed by atoms with van der Waals surface area (Å²) in [5, 5.41) is 0. The summed E-state index contributed by atoms with van der Waals surface area (Å²) in [6, 6.07) is 11.1. The van der Waals surface area contributed by atoms with Crippen LogP contribution in [0.1, 0.15) is 29.5 Å². The first kappa shape index (κ1) is 18.1. The zero-order valence-corrected chi connectivity index (χ0v) is 15.5. The summed E-state index contributed by atoms with van der Waals surface area (Å²) in [7, 11) is -7.96. The van der Waals surface area contributed by atoms with E-state index in [9.17, 15) is 16.8 Å². The van der Waals surface area contributed by atoms with Crippen molar-refractivity contribution in [2.24, 2.45) is 0 Å². The molecule has 0 saturated heterocycles. The molecule has 0 heterocycles. The number of hydrogen-bond donors (Lipinski definition) is 2. The van der Waals surface area contributed by atoms with Crippen LogP contribution in [0.25, 0.3) is 0 Å². The summed E-state index contributed by atoms with van der Waals surface area (Å²) < 4.78 is 49.3. The minimum Gasteiger partial charge on any atom is -0.206 e. The van der Waals surface area contributed by atoms with Crippen LogP contribution in [-0.2, 0) is 32.9 Å². The Morgan fingerprint density at radius 1 is 0.720 bits per heavy atom. The Bertz CT molecular complexity index is 982. The molecule has 1 aliphatic rings. The van der Waals surface area contributed by atoms with Gasteiger partial charge < -0.3 is 0 Å². The molecular weight excluding hydrogens is 360 g/mol.